The van der Waals surface area contributed by atoms with Gasteiger partial charge in [-0.15, -0.1) is 0 Å². The molecule has 2 rings (SSSR count). The predicted octanol–water partition coefficient (Wildman–Crippen LogP) is 3.74. The van der Waals surface area contributed by atoms with Crippen molar-refractivity contribution in [3.8, 4) is 17.1 Å². The van der Waals surface area contributed by atoms with Crippen LogP contribution < -0.4 is 5.43 Å². The average Bonchev–Trinajstić information content (AvgIpc) is 2.45. The van der Waals surface area contributed by atoms with Gasteiger partial charge in [0.1, 0.15) is 0 Å². The maximum absolute atomic E-state index is 12.2. The fraction of sp³-hybridized carbons (Fsp3) is 0.412. The number of phenolic OH excluding ortho intramolecular Hbond substituents is 1. The van der Waals surface area contributed by atoms with Crippen LogP contribution in [0.2, 0.25) is 0 Å². The second-order valence-corrected chi connectivity index (χ2v) is 5.79. The van der Waals surface area contributed by atoms with E-state index in [1.165, 1.54) is 5.57 Å². The van der Waals surface area contributed by atoms with Crippen molar-refractivity contribution in [1.82, 2.24) is 9.97 Å². The molecule has 0 bridgehead atoms. The summed E-state index contributed by atoms with van der Waals surface area (Å²) in [5.41, 5.74) is 3.53. The van der Waals surface area contributed by atoms with Gasteiger partial charge in [-0.05, 0) is 39.5 Å². The molecule has 0 aromatic carbocycles. The summed E-state index contributed by atoms with van der Waals surface area (Å²) in [5.74, 6) is -0.0866. The topological polar surface area (TPSA) is 66.0 Å². The fourth-order valence-electron chi connectivity index (χ4n) is 2.61. The number of H-pyrrole nitrogens is 1. The van der Waals surface area contributed by atoms with Crippen LogP contribution in [0.15, 0.2) is 28.8 Å². The van der Waals surface area contributed by atoms with Crippen molar-refractivity contribution >= 4 is 0 Å². The van der Waals surface area contributed by atoms with Crippen molar-refractivity contribution < 1.29 is 5.11 Å². The summed E-state index contributed by atoms with van der Waals surface area (Å²) >= 11 is 0. The first kappa shape index (κ1) is 15.3. The van der Waals surface area contributed by atoms with E-state index in [0.717, 1.165) is 12.8 Å². The standard InChI is InChI=1S/C17H22N2O2/c1-10(2)6-5-7-11(3)13-15-14(18-8-9-19-15)12(4)16(20)17(13)21/h6,8-9,11,18,21H,5,7H2,1-4H3/t11-/m1/s1. The van der Waals surface area contributed by atoms with Crippen molar-refractivity contribution in [2.45, 2.75) is 46.5 Å². The predicted molar refractivity (Wildman–Crippen MR) is 85.0 cm³/mol. The number of nitrogens with zero attached hydrogens (tertiary/aromatic N) is 1. The summed E-state index contributed by atoms with van der Waals surface area (Å²) < 4.78 is 0. The van der Waals surface area contributed by atoms with Gasteiger partial charge >= 0.3 is 0 Å². The summed E-state index contributed by atoms with van der Waals surface area (Å²) in [7, 11) is 0. The molecular formula is C17H22N2O2. The van der Waals surface area contributed by atoms with E-state index in [-0.39, 0.29) is 17.1 Å². The van der Waals surface area contributed by atoms with Crippen molar-refractivity contribution in [2.75, 3.05) is 0 Å². The number of aromatic hydroxyl groups is 1. The van der Waals surface area contributed by atoms with E-state index in [1.807, 2.05) is 6.92 Å². The number of fused-ring (bicyclic) bond motifs is 1. The van der Waals surface area contributed by atoms with Crippen LogP contribution in [-0.4, -0.2) is 15.1 Å². The SMILES string of the molecule is CC(C)=CCC[C@@H](C)c1c2ncc[nH]c-2c(C)c(=O)c1O. The second kappa shape index (κ2) is 6.12. The van der Waals surface area contributed by atoms with E-state index in [1.54, 1.807) is 19.3 Å². The molecule has 1 heterocycles. The zero-order chi connectivity index (χ0) is 15.6. The second-order valence-electron chi connectivity index (χ2n) is 5.79. The smallest absolute Gasteiger partial charge is 0.225 e. The van der Waals surface area contributed by atoms with Crippen molar-refractivity contribution in [1.29, 1.82) is 0 Å². The van der Waals surface area contributed by atoms with Gasteiger partial charge in [-0.3, -0.25) is 9.78 Å². The lowest BCUT2D eigenvalue weighted by Crippen LogP contribution is -2.15. The molecule has 0 spiro atoms. The molecule has 0 fully saturated rings. The Morgan fingerprint density at radius 1 is 1.48 bits per heavy atom. The third-order valence-corrected chi connectivity index (χ3v) is 3.83. The van der Waals surface area contributed by atoms with Crippen LogP contribution in [-0.2, 0) is 0 Å². The highest BCUT2D eigenvalue weighted by Gasteiger charge is 2.24. The van der Waals surface area contributed by atoms with Crippen molar-refractivity contribution in [3.05, 3.63) is 45.4 Å². The molecule has 4 heteroatoms. The molecule has 0 aromatic heterocycles. The number of nitrogens with one attached hydrogen (secondary N) is 1. The number of rotatable bonds is 4. The van der Waals surface area contributed by atoms with Crippen molar-refractivity contribution in [2.24, 2.45) is 0 Å². The van der Waals surface area contributed by atoms with E-state index in [0.29, 0.717) is 22.5 Å². The molecule has 0 aromatic rings. The normalized spacial score (nSPS) is 12.4. The third-order valence-electron chi connectivity index (χ3n) is 3.83. The Morgan fingerprint density at radius 2 is 2.19 bits per heavy atom. The van der Waals surface area contributed by atoms with Crippen LogP contribution in [0.25, 0.3) is 11.4 Å². The number of benzene rings is 1. The van der Waals surface area contributed by atoms with Gasteiger partial charge in [-0.1, -0.05) is 18.6 Å². The molecule has 4 nitrogen and oxygen atoms in total. The van der Waals surface area contributed by atoms with E-state index in [9.17, 15) is 9.90 Å². The maximum atomic E-state index is 12.2. The highest BCUT2D eigenvalue weighted by molar-refractivity contribution is 5.69. The largest absolute Gasteiger partial charge is 0.504 e. The van der Waals surface area contributed by atoms with E-state index >= 15 is 0 Å². The highest BCUT2D eigenvalue weighted by Crippen LogP contribution is 2.36. The highest BCUT2D eigenvalue weighted by atomic mass is 16.3. The maximum Gasteiger partial charge on any atom is 0.225 e. The van der Waals surface area contributed by atoms with Crippen LogP contribution in [0.4, 0.5) is 0 Å². The molecule has 0 amide bonds. The number of phenols is 1. The monoisotopic (exact) mass is 286 g/mol. The molecule has 0 saturated heterocycles. The van der Waals surface area contributed by atoms with Crippen LogP contribution in [0, 0.1) is 6.92 Å². The Morgan fingerprint density at radius 3 is 2.86 bits per heavy atom. The van der Waals surface area contributed by atoms with E-state index < -0.39 is 0 Å². The first-order valence-electron chi connectivity index (χ1n) is 7.25. The van der Waals surface area contributed by atoms with Crippen molar-refractivity contribution in [3.63, 3.8) is 0 Å². The molecule has 0 unspecified atom stereocenters. The van der Waals surface area contributed by atoms with Crippen LogP contribution in [0.5, 0.6) is 5.75 Å². The van der Waals surface area contributed by atoms with Crippen LogP contribution in [0.1, 0.15) is 50.7 Å². The molecule has 2 aliphatic rings. The minimum Gasteiger partial charge on any atom is -0.504 e. The molecular weight excluding hydrogens is 264 g/mol. The summed E-state index contributed by atoms with van der Waals surface area (Å²) in [4.78, 5) is 19.6. The number of aromatic nitrogens is 2. The van der Waals surface area contributed by atoms with Gasteiger partial charge in [0.05, 0.1) is 11.4 Å². The molecule has 1 aliphatic carbocycles. The Balaban J connectivity index is 2.49. The number of hydrogen-bond acceptors (Lipinski definition) is 3. The number of aromatic amines is 1. The van der Waals surface area contributed by atoms with E-state index in [4.69, 9.17) is 0 Å². The molecule has 2 N–H and O–H groups in total. The van der Waals surface area contributed by atoms with Gasteiger partial charge in [0.25, 0.3) is 0 Å². The first-order valence-corrected chi connectivity index (χ1v) is 7.25. The van der Waals surface area contributed by atoms with Gasteiger partial charge in [-0.25, -0.2) is 0 Å². The van der Waals surface area contributed by atoms with Gasteiger partial charge in [0.15, 0.2) is 5.75 Å². The Bertz CT molecular complexity index is 697. The summed E-state index contributed by atoms with van der Waals surface area (Å²) in [6, 6.07) is 0. The molecule has 112 valence electrons. The lowest BCUT2D eigenvalue weighted by molar-refractivity contribution is 0.455. The van der Waals surface area contributed by atoms with Gasteiger partial charge in [0, 0.05) is 23.5 Å². The Kier molecular flexibility index (Phi) is 4.46. The number of hydrogen-bond donors (Lipinski definition) is 2. The minimum atomic E-state index is -0.309. The molecule has 0 radical (unpaired) electrons. The van der Waals surface area contributed by atoms with Crippen LogP contribution >= 0.6 is 0 Å². The number of allylic oxidation sites excluding steroid dienone is 2. The summed E-state index contributed by atoms with van der Waals surface area (Å²) in [6.45, 7) is 7.86. The zero-order valence-electron chi connectivity index (χ0n) is 13.0. The minimum absolute atomic E-state index is 0.0692. The lowest BCUT2D eigenvalue weighted by Gasteiger charge is -2.19. The lowest BCUT2D eigenvalue weighted by atomic mass is 9.89. The molecule has 1 atom stereocenters. The van der Waals surface area contributed by atoms with Gasteiger partial charge in [0.2, 0.25) is 5.43 Å². The Hall–Kier alpha value is -2.10. The first-order chi connectivity index (χ1) is 9.93. The van der Waals surface area contributed by atoms with Gasteiger partial charge in [-0.2, -0.15) is 0 Å². The third kappa shape index (κ3) is 2.99. The Labute approximate surface area is 124 Å². The summed E-state index contributed by atoms with van der Waals surface area (Å²) in [5, 5.41) is 10.3. The average molecular weight is 286 g/mol. The van der Waals surface area contributed by atoms with Crippen LogP contribution in [0.3, 0.4) is 0 Å². The van der Waals surface area contributed by atoms with Gasteiger partial charge < -0.3 is 10.1 Å². The zero-order valence-corrected chi connectivity index (χ0v) is 13.0. The summed E-state index contributed by atoms with van der Waals surface area (Å²) in [6.07, 6.45) is 7.30. The molecule has 0 saturated carbocycles. The van der Waals surface area contributed by atoms with E-state index in [2.05, 4.69) is 29.9 Å². The molecule has 21 heavy (non-hydrogen) atoms. The fourth-order valence-corrected chi connectivity index (χ4v) is 2.61. The quantitative estimate of drug-likeness (QED) is 0.841. The molecule has 1 aliphatic heterocycles.